The van der Waals surface area contributed by atoms with Gasteiger partial charge in [0.25, 0.3) is 11.6 Å². The van der Waals surface area contributed by atoms with Crippen molar-refractivity contribution in [1.29, 1.82) is 0 Å². The molecule has 1 fully saturated rings. The van der Waals surface area contributed by atoms with Crippen molar-refractivity contribution in [2.24, 2.45) is 0 Å². The standard InChI is InChI=1S/C28H28F3N7O3/c1-36(2)25-21-5-3-4-6-23(21)34-27(35-25)33-18-9-7-17(8-10-18)32-26(39)22-15-16-37(24(22)28(29,30)31)19-11-13-20(14-12-19)38(40)41/h3-6,11-18H,7-10H2,1-2H3,(H,32,39)(H,33,34,35)/t17-,18+. The first-order valence-electron chi connectivity index (χ1n) is 13.1. The lowest BCUT2D eigenvalue weighted by Gasteiger charge is -2.30. The van der Waals surface area contributed by atoms with Crippen LogP contribution in [0.4, 0.5) is 30.6 Å². The molecule has 2 N–H and O–H groups in total. The molecule has 2 aromatic carbocycles. The van der Waals surface area contributed by atoms with E-state index < -0.39 is 28.3 Å². The van der Waals surface area contributed by atoms with E-state index in [9.17, 15) is 28.1 Å². The van der Waals surface area contributed by atoms with Crippen LogP contribution in [0.25, 0.3) is 16.6 Å². The summed E-state index contributed by atoms with van der Waals surface area (Å²) in [6, 6.07) is 13.3. The highest BCUT2D eigenvalue weighted by atomic mass is 19.4. The van der Waals surface area contributed by atoms with Gasteiger partial charge < -0.3 is 20.1 Å². The van der Waals surface area contributed by atoms with Crippen molar-refractivity contribution in [2.45, 2.75) is 43.9 Å². The number of amides is 1. The van der Waals surface area contributed by atoms with E-state index in [1.807, 2.05) is 43.3 Å². The molecule has 1 aliphatic carbocycles. The van der Waals surface area contributed by atoms with Gasteiger partial charge in [-0.1, -0.05) is 12.1 Å². The number of nitrogens with zero attached hydrogens (tertiary/aromatic N) is 5. The zero-order valence-corrected chi connectivity index (χ0v) is 22.4. The maximum atomic E-state index is 14.1. The number of non-ortho nitro benzene ring substituents is 1. The van der Waals surface area contributed by atoms with Crippen molar-refractivity contribution < 1.29 is 22.9 Å². The molecule has 0 bridgehead atoms. The van der Waals surface area contributed by atoms with Gasteiger partial charge in [-0.05, 0) is 56.0 Å². The van der Waals surface area contributed by atoms with Gasteiger partial charge in [-0.3, -0.25) is 14.9 Å². The monoisotopic (exact) mass is 567 g/mol. The summed E-state index contributed by atoms with van der Waals surface area (Å²) >= 11 is 0. The third-order valence-corrected chi connectivity index (χ3v) is 7.14. The lowest BCUT2D eigenvalue weighted by molar-refractivity contribution is -0.384. The predicted octanol–water partition coefficient (Wildman–Crippen LogP) is 5.57. The quantitative estimate of drug-likeness (QED) is 0.222. The highest BCUT2D eigenvalue weighted by Gasteiger charge is 2.40. The number of halogens is 3. The normalized spacial score (nSPS) is 17.3. The van der Waals surface area contributed by atoms with Crippen LogP contribution in [-0.4, -0.2) is 51.5 Å². The molecule has 214 valence electrons. The van der Waals surface area contributed by atoms with Gasteiger partial charge in [0.1, 0.15) is 11.5 Å². The van der Waals surface area contributed by atoms with Crippen LogP contribution in [0.5, 0.6) is 0 Å². The molecule has 1 aliphatic rings. The van der Waals surface area contributed by atoms with Gasteiger partial charge in [-0.2, -0.15) is 18.2 Å². The zero-order chi connectivity index (χ0) is 29.3. The Bertz CT molecular complexity index is 1580. The second-order valence-electron chi connectivity index (χ2n) is 10.2. The van der Waals surface area contributed by atoms with Crippen molar-refractivity contribution in [1.82, 2.24) is 19.9 Å². The highest BCUT2D eigenvalue weighted by Crippen LogP contribution is 2.35. The summed E-state index contributed by atoms with van der Waals surface area (Å²) in [6.07, 6.45) is -1.19. The van der Waals surface area contributed by atoms with Crippen molar-refractivity contribution in [2.75, 3.05) is 24.3 Å². The Morgan fingerprint density at radius 1 is 1.00 bits per heavy atom. The van der Waals surface area contributed by atoms with E-state index in [0.717, 1.165) is 45.7 Å². The molecule has 1 saturated carbocycles. The molecule has 4 aromatic rings. The topological polar surface area (TPSA) is 118 Å². The Hall–Kier alpha value is -4.68. The number of carbonyl (C=O) groups is 1. The first-order chi connectivity index (χ1) is 19.5. The van der Waals surface area contributed by atoms with E-state index in [0.29, 0.717) is 31.6 Å². The fourth-order valence-electron chi connectivity index (χ4n) is 5.15. The molecular weight excluding hydrogens is 539 g/mol. The van der Waals surface area contributed by atoms with Crippen LogP contribution in [0.15, 0.2) is 60.8 Å². The SMILES string of the molecule is CN(C)c1nc(N[C@H]2CC[C@@H](NC(=O)c3ccn(-c4ccc([N+](=O)[O-])cc4)c3C(F)(F)F)CC2)nc2ccccc12. The van der Waals surface area contributed by atoms with Gasteiger partial charge in [-0.25, -0.2) is 4.98 Å². The second kappa shape index (κ2) is 11.1. The first kappa shape index (κ1) is 27.9. The molecule has 0 atom stereocenters. The summed E-state index contributed by atoms with van der Waals surface area (Å²) in [5, 5.41) is 18.0. The van der Waals surface area contributed by atoms with Crippen molar-refractivity contribution in [3.8, 4) is 5.69 Å². The number of nitro benzene ring substituents is 1. The molecule has 0 saturated heterocycles. The van der Waals surface area contributed by atoms with Gasteiger partial charge in [0, 0.05) is 55.6 Å². The Balaban J connectivity index is 1.26. The first-order valence-corrected chi connectivity index (χ1v) is 13.1. The average Bonchev–Trinajstić information content (AvgIpc) is 3.40. The highest BCUT2D eigenvalue weighted by molar-refractivity contribution is 5.96. The molecule has 2 heterocycles. The maximum absolute atomic E-state index is 14.1. The molecule has 41 heavy (non-hydrogen) atoms. The number of aromatic nitrogens is 3. The molecule has 5 rings (SSSR count). The second-order valence-corrected chi connectivity index (χ2v) is 10.2. The number of nitrogens with one attached hydrogen (secondary N) is 2. The molecule has 0 radical (unpaired) electrons. The van der Waals surface area contributed by atoms with Gasteiger partial charge >= 0.3 is 6.18 Å². The summed E-state index contributed by atoms with van der Waals surface area (Å²) in [6.45, 7) is 0. The van der Waals surface area contributed by atoms with E-state index in [1.165, 1.54) is 12.1 Å². The van der Waals surface area contributed by atoms with Crippen molar-refractivity contribution in [3.05, 3.63) is 82.2 Å². The molecule has 10 nitrogen and oxygen atoms in total. The van der Waals surface area contributed by atoms with E-state index in [4.69, 9.17) is 0 Å². The number of anilines is 2. The summed E-state index contributed by atoms with van der Waals surface area (Å²) in [5.41, 5.74) is -1.01. The Morgan fingerprint density at radius 2 is 1.66 bits per heavy atom. The molecule has 1 amide bonds. The minimum absolute atomic E-state index is 0.0493. The third-order valence-electron chi connectivity index (χ3n) is 7.14. The number of carbonyl (C=O) groups excluding carboxylic acids is 1. The number of para-hydroxylation sites is 1. The number of hydrogen-bond donors (Lipinski definition) is 2. The largest absolute Gasteiger partial charge is 0.432 e. The number of fused-ring (bicyclic) bond motifs is 1. The molecule has 0 aliphatic heterocycles. The van der Waals surface area contributed by atoms with Gasteiger partial charge in [-0.15, -0.1) is 0 Å². The van der Waals surface area contributed by atoms with E-state index in [1.54, 1.807) is 0 Å². The van der Waals surface area contributed by atoms with Gasteiger partial charge in [0.2, 0.25) is 5.95 Å². The number of rotatable bonds is 7. The van der Waals surface area contributed by atoms with Crippen molar-refractivity contribution in [3.63, 3.8) is 0 Å². The van der Waals surface area contributed by atoms with Crippen molar-refractivity contribution >= 4 is 34.3 Å². The van der Waals surface area contributed by atoms with E-state index >= 15 is 0 Å². The summed E-state index contributed by atoms with van der Waals surface area (Å²) in [4.78, 5) is 34.5. The van der Waals surface area contributed by atoms with Crippen LogP contribution in [0.2, 0.25) is 0 Å². The molecule has 2 aromatic heterocycles. The molecular formula is C28H28F3N7O3. The fourth-order valence-corrected chi connectivity index (χ4v) is 5.15. The molecule has 0 spiro atoms. The van der Waals surface area contributed by atoms with Crippen LogP contribution in [-0.2, 0) is 6.18 Å². The summed E-state index contributed by atoms with van der Waals surface area (Å²) in [5.74, 6) is 0.477. The summed E-state index contributed by atoms with van der Waals surface area (Å²) in [7, 11) is 3.83. The smallest absolute Gasteiger partial charge is 0.362 e. The third kappa shape index (κ3) is 5.93. The predicted molar refractivity (Wildman–Crippen MR) is 148 cm³/mol. The van der Waals surface area contributed by atoms with Crippen LogP contribution in [0.1, 0.15) is 41.7 Å². The van der Waals surface area contributed by atoms with Crippen LogP contribution >= 0.6 is 0 Å². The minimum Gasteiger partial charge on any atom is -0.362 e. The number of alkyl halides is 3. The van der Waals surface area contributed by atoms with E-state index in [-0.39, 0.29) is 23.5 Å². The number of nitro groups is 1. The van der Waals surface area contributed by atoms with E-state index in [2.05, 4.69) is 20.6 Å². The minimum atomic E-state index is -4.83. The Morgan fingerprint density at radius 3 is 2.29 bits per heavy atom. The Kier molecular flexibility index (Phi) is 7.52. The fraction of sp³-hybridized carbons (Fsp3) is 0.321. The maximum Gasteiger partial charge on any atom is 0.432 e. The van der Waals surface area contributed by atoms with Crippen LogP contribution in [0, 0.1) is 10.1 Å². The number of hydrogen-bond acceptors (Lipinski definition) is 7. The van der Waals surface area contributed by atoms with Crippen LogP contribution < -0.4 is 15.5 Å². The summed E-state index contributed by atoms with van der Waals surface area (Å²) < 4.78 is 43.1. The molecule has 13 heteroatoms. The van der Waals surface area contributed by atoms with Crippen LogP contribution in [0.3, 0.4) is 0 Å². The number of benzene rings is 2. The van der Waals surface area contributed by atoms with Gasteiger partial charge in [0.15, 0.2) is 0 Å². The molecule has 0 unspecified atom stereocenters. The van der Waals surface area contributed by atoms with Gasteiger partial charge in [0.05, 0.1) is 16.0 Å². The zero-order valence-electron chi connectivity index (χ0n) is 22.4. The lowest BCUT2D eigenvalue weighted by atomic mass is 9.91. The average molecular weight is 568 g/mol. The lowest BCUT2D eigenvalue weighted by Crippen LogP contribution is -2.40. The Labute approximate surface area is 233 Å².